The van der Waals surface area contributed by atoms with Crippen LogP contribution in [0.4, 0.5) is 23.7 Å². The second kappa shape index (κ2) is 6.12. The first-order valence-electron chi connectivity index (χ1n) is 5.50. The van der Waals surface area contributed by atoms with Crippen molar-refractivity contribution in [3.63, 3.8) is 0 Å². The van der Waals surface area contributed by atoms with Crippen LogP contribution in [0.15, 0.2) is 30.3 Å². The highest BCUT2D eigenvalue weighted by Gasteiger charge is 2.44. The number of carbonyl (C=O) groups is 2. The molecule has 0 bridgehead atoms. The maximum absolute atomic E-state index is 12.1. The third-order valence-electron chi connectivity index (χ3n) is 2.21. The predicted octanol–water partition coefficient (Wildman–Crippen LogP) is 2.07. The highest BCUT2D eigenvalue weighted by atomic mass is 32.2. The average molecular weight is 325 g/mol. The molecule has 0 atom stereocenters. The number of ether oxygens (including phenoxy) is 1. The van der Waals surface area contributed by atoms with Crippen molar-refractivity contribution >= 4 is 27.8 Å². The van der Waals surface area contributed by atoms with E-state index in [0.717, 1.165) is 0 Å². The molecule has 0 aliphatic heterocycles. The number of carbonyl (C=O) groups excluding carboxylic acids is 2. The molecule has 1 amide bonds. The summed E-state index contributed by atoms with van der Waals surface area (Å²) >= 11 is 0. The maximum atomic E-state index is 12.1. The molecule has 1 aromatic rings. The van der Waals surface area contributed by atoms with Crippen LogP contribution in [0.25, 0.3) is 0 Å². The van der Waals surface area contributed by atoms with Crippen molar-refractivity contribution in [2.75, 3.05) is 10.1 Å². The van der Waals surface area contributed by atoms with Crippen LogP contribution < -0.4 is 4.31 Å². The lowest BCUT2D eigenvalue weighted by atomic mass is 10.3. The first-order chi connectivity index (χ1) is 9.59. The molecule has 1 aromatic carbocycles. The van der Waals surface area contributed by atoms with Crippen LogP contribution in [0.3, 0.4) is 0 Å². The topological polar surface area (TPSA) is 80.8 Å². The monoisotopic (exact) mass is 325 g/mol. The Bertz CT molecular complexity index is 627. The maximum Gasteiger partial charge on any atom is 0.491 e. The summed E-state index contributed by atoms with van der Waals surface area (Å²) in [7, 11) is -4.26. The van der Waals surface area contributed by atoms with Gasteiger partial charge in [0.25, 0.3) is 0 Å². The van der Waals surface area contributed by atoms with E-state index in [1.54, 1.807) is 0 Å². The Morgan fingerprint density at radius 3 is 2.14 bits per heavy atom. The first-order valence-corrected chi connectivity index (χ1v) is 7.11. The molecule has 116 valence electrons. The van der Waals surface area contributed by atoms with E-state index in [4.69, 9.17) is 0 Å². The van der Waals surface area contributed by atoms with Crippen molar-refractivity contribution in [3.05, 3.63) is 30.3 Å². The summed E-state index contributed by atoms with van der Waals surface area (Å²) in [4.78, 5) is 22.2. The van der Waals surface area contributed by atoms with Crippen LogP contribution in [0.1, 0.15) is 6.92 Å². The number of amides is 1. The van der Waals surface area contributed by atoms with Crippen LogP contribution in [-0.4, -0.2) is 32.4 Å². The van der Waals surface area contributed by atoms with Crippen LogP contribution in [-0.2, 0) is 19.6 Å². The molecule has 21 heavy (non-hydrogen) atoms. The number of halogens is 3. The molecular formula is C11H10F3NO5S. The molecule has 0 saturated carbocycles. The van der Waals surface area contributed by atoms with Crippen LogP contribution in [0.5, 0.6) is 0 Å². The van der Waals surface area contributed by atoms with E-state index in [9.17, 15) is 31.2 Å². The van der Waals surface area contributed by atoms with Crippen molar-refractivity contribution in [1.29, 1.82) is 0 Å². The van der Waals surface area contributed by atoms with Gasteiger partial charge in [-0.3, -0.25) is 0 Å². The highest BCUT2D eigenvalue weighted by molar-refractivity contribution is 7.93. The molecule has 0 aliphatic carbocycles. The number of benzene rings is 1. The molecule has 0 aromatic heterocycles. The van der Waals surface area contributed by atoms with Gasteiger partial charge in [0.05, 0.1) is 11.4 Å². The summed E-state index contributed by atoms with van der Waals surface area (Å²) in [5.41, 5.74) is -0.237. The van der Waals surface area contributed by atoms with E-state index >= 15 is 0 Å². The lowest BCUT2D eigenvalue weighted by Crippen LogP contribution is -2.41. The minimum atomic E-state index is -5.41. The van der Waals surface area contributed by atoms with E-state index < -0.39 is 34.0 Å². The predicted molar refractivity (Wildman–Crippen MR) is 65.9 cm³/mol. The quantitative estimate of drug-likeness (QED) is 0.628. The Labute approximate surface area is 118 Å². The summed E-state index contributed by atoms with van der Waals surface area (Å²) in [5.74, 6) is -3.36. The fraction of sp³-hybridized carbons (Fsp3) is 0.273. The van der Waals surface area contributed by atoms with Crippen LogP contribution in [0, 0.1) is 0 Å². The Kier molecular flexibility index (Phi) is 4.94. The molecule has 1 rings (SSSR count). The Balaban J connectivity index is 3.16. The molecule has 0 unspecified atom stereocenters. The van der Waals surface area contributed by atoms with Gasteiger partial charge in [-0.25, -0.2) is 18.0 Å². The normalized spacial score (nSPS) is 11.8. The molecule has 0 radical (unpaired) electrons. The van der Waals surface area contributed by atoms with Crippen molar-refractivity contribution in [2.24, 2.45) is 0 Å². The van der Waals surface area contributed by atoms with Gasteiger partial charge >= 0.3 is 18.2 Å². The van der Waals surface area contributed by atoms with E-state index in [1.165, 1.54) is 37.3 Å². The zero-order chi connectivity index (χ0) is 16.3. The number of sulfonamides is 1. The first kappa shape index (κ1) is 17.0. The molecule has 0 saturated heterocycles. The van der Waals surface area contributed by atoms with Gasteiger partial charge in [-0.15, -0.1) is 0 Å². The number of hydrogen-bond acceptors (Lipinski definition) is 5. The lowest BCUT2D eigenvalue weighted by molar-refractivity contribution is -0.192. The van der Waals surface area contributed by atoms with E-state index in [0.29, 0.717) is 0 Å². The van der Waals surface area contributed by atoms with Crippen LogP contribution in [0.2, 0.25) is 0 Å². The second-order valence-electron chi connectivity index (χ2n) is 3.65. The number of hydrogen-bond donors (Lipinski definition) is 0. The summed E-state index contributed by atoms with van der Waals surface area (Å²) < 4.78 is 63.4. The van der Waals surface area contributed by atoms with Crippen molar-refractivity contribution < 1.29 is 35.9 Å². The second-order valence-corrected chi connectivity index (χ2v) is 5.76. The number of alkyl halides is 3. The number of para-hydroxylation sites is 1. The number of nitrogens with zero attached hydrogens (tertiary/aromatic N) is 1. The molecule has 6 nitrogen and oxygen atoms in total. The van der Waals surface area contributed by atoms with Gasteiger partial charge in [0.1, 0.15) is 0 Å². The van der Waals surface area contributed by atoms with Crippen molar-refractivity contribution in [3.8, 4) is 0 Å². The van der Waals surface area contributed by atoms with Crippen molar-refractivity contribution in [2.45, 2.75) is 13.1 Å². The molecule has 0 N–H and O–H groups in total. The Morgan fingerprint density at radius 1 is 1.19 bits per heavy atom. The third-order valence-corrected chi connectivity index (χ3v) is 3.86. The largest absolute Gasteiger partial charge is 0.491 e. The molecule has 10 heteroatoms. The fourth-order valence-corrected chi connectivity index (χ4v) is 2.22. The minimum absolute atomic E-state index is 0.0106. The van der Waals surface area contributed by atoms with E-state index in [2.05, 4.69) is 4.74 Å². The molecular weight excluding hydrogens is 315 g/mol. The van der Waals surface area contributed by atoms with Gasteiger partial charge < -0.3 is 4.74 Å². The lowest BCUT2D eigenvalue weighted by Gasteiger charge is -2.20. The third kappa shape index (κ3) is 4.18. The molecule has 0 spiro atoms. The number of rotatable bonds is 3. The van der Waals surface area contributed by atoms with E-state index in [1.807, 2.05) is 0 Å². The summed E-state index contributed by atoms with van der Waals surface area (Å²) in [6.07, 6.45) is -7.35. The van der Waals surface area contributed by atoms with Gasteiger partial charge in [0, 0.05) is 0 Å². The summed E-state index contributed by atoms with van der Waals surface area (Å²) in [5, 5.41) is 0. The zero-order valence-corrected chi connectivity index (χ0v) is 11.4. The fourth-order valence-electron chi connectivity index (χ4n) is 1.25. The van der Waals surface area contributed by atoms with Crippen molar-refractivity contribution in [1.82, 2.24) is 0 Å². The SMILES string of the molecule is CCS(=O)(=O)N(C(=O)OC(=O)C(F)(F)F)c1ccccc1. The Hall–Kier alpha value is -2.10. The van der Waals surface area contributed by atoms with Gasteiger partial charge in [-0.2, -0.15) is 17.5 Å². The Morgan fingerprint density at radius 2 is 1.71 bits per heavy atom. The minimum Gasteiger partial charge on any atom is -0.368 e. The van der Waals surface area contributed by atoms with Gasteiger partial charge in [0.2, 0.25) is 10.0 Å². The molecule has 0 aliphatic rings. The van der Waals surface area contributed by atoms with Crippen LogP contribution >= 0.6 is 0 Å². The smallest absolute Gasteiger partial charge is 0.368 e. The van der Waals surface area contributed by atoms with Gasteiger partial charge in [-0.1, -0.05) is 18.2 Å². The summed E-state index contributed by atoms with van der Waals surface area (Å²) in [6, 6.07) is 6.59. The number of anilines is 1. The molecule has 0 heterocycles. The standard InChI is InChI=1S/C11H10F3NO5S/c1-2-21(18,19)15(8-6-4-3-5-7-8)10(17)20-9(16)11(12,13)14/h3-7H,2H2,1H3. The average Bonchev–Trinajstić information content (AvgIpc) is 2.38. The van der Waals surface area contributed by atoms with Gasteiger partial charge in [0.15, 0.2) is 0 Å². The van der Waals surface area contributed by atoms with E-state index in [-0.39, 0.29) is 9.99 Å². The highest BCUT2D eigenvalue weighted by Crippen LogP contribution is 2.22. The zero-order valence-electron chi connectivity index (χ0n) is 10.6. The number of esters is 1. The molecule has 0 fully saturated rings. The van der Waals surface area contributed by atoms with Gasteiger partial charge in [-0.05, 0) is 19.1 Å². The summed E-state index contributed by atoms with van der Waals surface area (Å²) in [6.45, 7) is 1.18.